The molecule has 0 radical (unpaired) electrons. The second-order valence-electron chi connectivity index (χ2n) is 4.48. The molecule has 102 valence electrons. The van der Waals surface area contributed by atoms with Crippen molar-refractivity contribution in [2.45, 2.75) is 12.0 Å². The predicted octanol–water partition coefficient (Wildman–Crippen LogP) is 2.97. The predicted molar refractivity (Wildman–Crippen MR) is 74.4 cm³/mol. The first kappa shape index (κ1) is 14.0. The van der Waals surface area contributed by atoms with Gasteiger partial charge in [-0.1, -0.05) is 42.5 Å². The van der Waals surface area contributed by atoms with E-state index in [2.05, 4.69) is 6.07 Å². The molecule has 1 unspecified atom stereocenters. The summed E-state index contributed by atoms with van der Waals surface area (Å²) < 4.78 is 18.7. The smallest absolute Gasteiger partial charge is 0.165 e. The van der Waals surface area contributed by atoms with Crippen LogP contribution in [0.3, 0.4) is 0 Å². The fourth-order valence-electron chi connectivity index (χ4n) is 1.88. The monoisotopic (exact) mass is 270 g/mol. The summed E-state index contributed by atoms with van der Waals surface area (Å²) in [7, 11) is 0. The third-order valence-corrected chi connectivity index (χ3v) is 3.08. The molecule has 2 aromatic rings. The number of nitriles is 1. The van der Waals surface area contributed by atoms with E-state index in [0.29, 0.717) is 0 Å². The van der Waals surface area contributed by atoms with Gasteiger partial charge in [0, 0.05) is 6.42 Å². The van der Waals surface area contributed by atoms with Gasteiger partial charge in [-0.05, 0) is 17.7 Å². The molecule has 2 aromatic carbocycles. The van der Waals surface area contributed by atoms with Gasteiger partial charge in [0.2, 0.25) is 0 Å². The Hall–Kier alpha value is -2.38. The van der Waals surface area contributed by atoms with Crippen LogP contribution >= 0.6 is 0 Å². The molecule has 0 spiro atoms. The Morgan fingerprint density at radius 1 is 1.10 bits per heavy atom. The van der Waals surface area contributed by atoms with Gasteiger partial charge in [-0.3, -0.25) is 0 Å². The highest BCUT2D eigenvalue weighted by Gasteiger charge is 2.27. The standard InChI is InChI=1S/C16H15FN2O/c17-14-8-4-5-9-15(14)20-11-10-16(19,12-18)13-6-2-1-3-7-13/h1-9H,10-11,19H2. The van der Waals surface area contributed by atoms with Gasteiger partial charge in [-0.15, -0.1) is 0 Å². The summed E-state index contributed by atoms with van der Waals surface area (Å²) in [5, 5.41) is 9.29. The molecule has 0 aromatic heterocycles. The number of halogens is 1. The van der Waals surface area contributed by atoms with Crippen molar-refractivity contribution in [3.05, 3.63) is 66.0 Å². The number of hydrogen-bond donors (Lipinski definition) is 1. The number of para-hydroxylation sites is 1. The highest BCUT2D eigenvalue weighted by atomic mass is 19.1. The van der Waals surface area contributed by atoms with Crippen LogP contribution in [0, 0.1) is 17.1 Å². The number of hydrogen-bond acceptors (Lipinski definition) is 3. The van der Waals surface area contributed by atoms with Crippen molar-refractivity contribution in [3.63, 3.8) is 0 Å². The van der Waals surface area contributed by atoms with Crippen LogP contribution in [-0.4, -0.2) is 6.61 Å². The van der Waals surface area contributed by atoms with Gasteiger partial charge in [-0.2, -0.15) is 5.26 Å². The minimum atomic E-state index is -1.13. The molecule has 4 heteroatoms. The summed E-state index contributed by atoms with van der Waals surface area (Å²) in [6, 6.07) is 17.4. The summed E-state index contributed by atoms with van der Waals surface area (Å²) >= 11 is 0. The van der Waals surface area contributed by atoms with Gasteiger partial charge in [-0.25, -0.2) is 4.39 Å². The van der Waals surface area contributed by atoms with E-state index in [0.717, 1.165) is 5.56 Å². The summed E-state index contributed by atoms with van der Waals surface area (Å²) in [5.41, 5.74) is 5.68. The minimum absolute atomic E-state index is 0.167. The Labute approximate surface area is 117 Å². The number of nitrogens with two attached hydrogens (primary N) is 1. The van der Waals surface area contributed by atoms with Crippen molar-refractivity contribution in [1.82, 2.24) is 0 Å². The Morgan fingerprint density at radius 3 is 2.40 bits per heavy atom. The van der Waals surface area contributed by atoms with E-state index < -0.39 is 11.4 Å². The van der Waals surface area contributed by atoms with Crippen LogP contribution in [0.15, 0.2) is 54.6 Å². The van der Waals surface area contributed by atoms with E-state index >= 15 is 0 Å². The SMILES string of the molecule is N#CC(N)(CCOc1ccccc1F)c1ccccc1. The first-order valence-corrected chi connectivity index (χ1v) is 6.29. The summed E-state index contributed by atoms with van der Waals surface area (Å²) in [6.07, 6.45) is 0.280. The molecule has 0 fully saturated rings. The van der Waals surface area contributed by atoms with Crippen molar-refractivity contribution in [2.24, 2.45) is 5.73 Å². The summed E-state index contributed by atoms with van der Waals surface area (Å²) in [4.78, 5) is 0. The molecule has 0 saturated heterocycles. The molecule has 0 aliphatic heterocycles. The molecule has 0 bridgehead atoms. The van der Waals surface area contributed by atoms with Crippen LogP contribution in [0.25, 0.3) is 0 Å². The fourth-order valence-corrected chi connectivity index (χ4v) is 1.88. The van der Waals surface area contributed by atoms with Crippen molar-refractivity contribution in [1.29, 1.82) is 5.26 Å². The van der Waals surface area contributed by atoms with Crippen LogP contribution in [0.4, 0.5) is 4.39 Å². The van der Waals surface area contributed by atoms with E-state index in [1.807, 2.05) is 18.2 Å². The van der Waals surface area contributed by atoms with Crippen LogP contribution in [0.5, 0.6) is 5.75 Å². The van der Waals surface area contributed by atoms with Gasteiger partial charge in [0.1, 0.15) is 5.54 Å². The molecule has 0 amide bonds. The van der Waals surface area contributed by atoms with E-state index in [-0.39, 0.29) is 18.8 Å². The molecule has 20 heavy (non-hydrogen) atoms. The highest BCUT2D eigenvalue weighted by molar-refractivity contribution is 5.30. The van der Waals surface area contributed by atoms with E-state index in [1.54, 1.807) is 30.3 Å². The Balaban J connectivity index is 2.02. The van der Waals surface area contributed by atoms with Gasteiger partial charge in [0.05, 0.1) is 12.7 Å². The maximum Gasteiger partial charge on any atom is 0.165 e. The number of ether oxygens (including phenoxy) is 1. The average Bonchev–Trinajstić information content (AvgIpc) is 2.50. The third kappa shape index (κ3) is 3.14. The first-order valence-electron chi connectivity index (χ1n) is 6.29. The Bertz CT molecular complexity index is 609. The zero-order valence-corrected chi connectivity index (χ0v) is 10.9. The van der Waals surface area contributed by atoms with E-state index in [9.17, 15) is 9.65 Å². The maximum atomic E-state index is 13.4. The average molecular weight is 270 g/mol. The van der Waals surface area contributed by atoms with Crippen molar-refractivity contribution in [2.75, 3.05) is 6.61 Å². The van der Waals surface area contributed by atoms with Crippen molar-refractivity contribution < 1.29 is 9.13 Å². The summed E-state index contributed by atoms with van der Waals surface area (Å²) in [6.45, 7) is 0.167. The van der Waals surface area contributed by atoms with Crippen LogP contribution in [0.2, 0.25) is 0 Å². The van der Waals surface area contributed by atoms with Gasteiger partial charge in [0.25, 0.3) is 0 Å². The molecule has 2 rings (SSSR count). The molecule has 0 aliphatic rings. The summed E-state index contributed by atoms with van der Waals surface area (Å²) in [5.74, 6) is -0.257. The second kappa shape index (κ2) is 6.18. The lowest BCUT2D eigenvalue weighted by atomic mass is 9.89. The highest BCUT2D eigenvalue weighted by Crippen LogP contribution is 2.22. The lowest BCUT2D eigenvalue weighted by Crippen LogP contribution is -2.36. The number of benzene rings is 2. The maximum absolute atomic E-state index is 13.4. The Kier molecular flexibility index (Phi) is 4.34. The Morgan fingerprint density at radius 2 is 1.75 bits per heavy atom. The first-order chi connectivity index (χ1) is 9.65. The van der Waals surface area contributed by atoms with Crippen LogP contribution < -0.4 is 10.5 Å². The zero-order valence-electron chi connectivity index (χ0n) is 10.9. The number of rotatable bonds is 5. The van der Waals surface area contributed by atoms with Gasteiger partial charge >= 0.3 is 0 Å². The quantitative estimate of drug-likeness (QED) is 0.908. The van der Waals surface area contributed by atoms with E-state index in [4.69, 9.17) is 10.5 Å². The third-order valence-electron chi connectivity index (χ3n) is 3.08. The molecule has 0 saturated carbocycles. The van der Waals surface area contributed by atoms with E-state index in [1.165, 1.54) is 6.07 Å². The van der Waals surface area contributed by atoms with Crippen LogP contribution in [-0.2, 0) is 5.54 Å². The molecular weight excluding hydrogens is 255 g/mol. The molecule has 0 heterocycles. The normalized spacial score (nSPS) is 13.2. The fraction of sp³-hybridized carbons (Fsp3) is 0.188. The zero-order chi connectivity index (χ0) is 14.4. The molecule has 1 atom stereocenters. The molecule has 3 nitrogen and oxygen atoms in total. The molecular formula is C16H15FN2O. The largest absolute Gasteiger partial charge is 0.490 e. The van der Waals surface area contributed by atoms with Crippen molar-refractivity contribution in [3.8, 4) is 11.8 Å². The minimum Gasteiger partial charge on any atom is -0.490 e. The second-order valence-corrected chi connectivity index (χ2v) is 4.48. The van der Waals surface area contributed by atoms with Crippen molar-refractivity contribution >= 4 is 0 Å². The molecule has 2 N–H and O–H groups in total. The molecule has 0 aliphatic carbocycles. The van der Waals surface area contributed by atoms with Crippen LogP contribution in [0.1, 0.15) is 12.0 Å². The van der Waals surface area contributed by atoms with Gasteiger partial charge in [0.15, 0.2) is 11.6 Å². The van der Waals surface area contributed by atoms with Gasteiger partial charge < -0.3 is 10.5 Å². The number of nitrogens with zero attached hydrogens (tertiary/aromatic N) is 1. The lowest BCUT2D eigenvalue weighted by Gasteiger charge is -2.22. The topological polar surface area (TPSA) is 59.0 Å². The lowest BCUT2D eigenvalue weighted by molar-refractivity contribution is 0.269.